The molecule has 2 aromatic heterocycles. The summed E-state index contributed by atoms with van der Waals surface area (Å²) in [6.07, 6.45) is 5.40. The van der Waals surface area contributed by atoms with Crippen molar-refractivity contribution in [2.45, 2.75) is 13.3 Å². The molecule has 2 N–H and O–H groups in total. The number of halogens is 1. The smallest absolute Gasteiger partial charge is 0.226 e. The molecule has 0 bridgehead atoms. The lowest BCUT2D eigenvalue weighted by atomic mass is 10.1. The van der Waals surface area contributed by atoms with Gasteiger partial charge in [0.05, 0.1) is 13.3 Å². The van der Waals surface area contributed by atoms with Crippen molar-refractivity contribution in [1.82, 2.24) is 14.4 Å². The van der Waals surface area contributed by atoms with E-state index in [1.807, 2.05) is 34.9 Å². The van der Waals surface area contributed by atoms with Gasteiger partial charge in [-0.1, -0.05) is 12.1 Å². The Kier molecular flexibility index (Phi) is 5.79. The third kappa shape index (κ3) is 4.48. The Labute approximate surface area is 178 Å². The second-order valence-electron chi connectivity index (χ2n) is 7.03. The van der Waals surface area contributed by atoms with Crippen molar-refractivity contribution in [2.24, 2.45) is 0 Å². The number of nitrogens with one attached hydrogen (secondary N) is 2. The third-order valence-corrected chi connectivity index (χ3v) is 4.88. The summed E-state index contributed by atoms with van der Waals surface area (Å²) in [6, 6.07) is 11.9. The van der Waals surface area contributed by atoms with Crippen LogP contribution in [0.15, 0.2) is 61.1 Å². The van der Waals surface area contributed by atoms with Gasteiger partial charge in [-0.2, -0.15) is 0 Å². The molecule has 0 aliphatic heterocycles. The van der Waals surface area contributed by atoms with Crippen LogP contribution in [0.1, 0.15) is 12.0 Å². The van der Waals surface area contributed by atoms with Crippen LogP contribution in [0.5, 0.6) is 5.75 Å². The second-order valence-corrected chi connectivity index (χ2v) is 7.03. The number of hydrogen-bond donors (Lipinski definition) is 2. The molecule has 0 atom stereocenters. The Bertz CT molecular complexity index is 1240. The number of imidazole rings is 1. The Hall–Kier alpha value is -3.94. The number of aryl methyl sites for hydroxylation is 1. The van der Waals surface area contributed by atoms with Crippen LogP contribution in [-0.2, 0) is 4.79 Å². The molecule has 31 heavy (non-hydrogen) atoms. The first-order valence-electron chi connectivity index (χ1n) is 9.81. The lowest BCUT2D eigenvalue weighted by Crippen LogP contribution is -2.17. The maximum absolute atomic E-state index is 13.3. The predicted octanol–water partition coefficient (Wildman–Crippen LogP) is 4.29. The van der Waals surface area contributed by atoms with Gasteiger partial charge in [0.1, 0.15) is 23.1 Å². The first kappa shape index (κ1) is 20.3. The van der Waals surface area contributed by atoms with E-state index < -0.39 is 0 Å². The molecule has 4 rings (SSSR count). The average molecular weight is 419 g/mol. The molecular weight excluding hydrogens is 397 g/mol. The molecule has 0 spiro atoms. The molecule has 0 fully saturated rings. The van der Waals surface area contributed by atoms with Crippen LogP contribution in [-0.4, -0.2) is 33.9 Å². The summed E-state index contributed by atoms with van der Waals surface area (Å²) in [7, 11) is 1.62. The van der Waals surface area contributed by atoms with E-state index in [4.69, 9.17) is 9.72 Å². The number of fused-ring (bicyclic) bond motifs is 1. The zero-order chi connectivity index (χ0) is 21.8. The number of carbonyl (C=O) groups excluding carboxylic acids is 1. The Morgan fingerprint density at radius 1 is 1.23 bits per heavy atom. The topological polar surface area (TPSA) is 80.6 Å². The number of rotatable bonds is 7. The largest absolute Gasteiger partial charge is 0.497 e. The zero-order valence-corrected chi connectivity index (χ0v) is 17.2. The summed E-state index contributed by atoms with van der Waals surface area (Å²) in [5.74, 6) is 0.994. The summed E-state index contributed by atoms with van der Waals surface area (Å²) in [4.78, 5) is 21.2. The van der Waals surface area contributed by atoms with E-state index in [-0.39, 0.29) is 18.1 Å². The zero-order valence-electron chi connectivity index (χ0n) is 17.2. The van der Waals surface area contributed by atoms with Gasteiger partial charge < -0.3 is 15.4 Å². The number of benzene rings is 2. The van der Waals surface area contributed by atoms with Crippen molar-refractivity contribution in [3.8, 4) is 17.0 Å². The monoisotopic (exact) mass is 419 g/mol. The maximum Gasteiger partial charge on any atom is 0.226 e. The van der Waals surface area contributed by atoms with Crippen molar-refractivity contribution in [1.29, 1.82) is 0 Å². The fourth-order valence-corrected chi connectivity index (χ4v) is 3.32. The minimum atomic E-state index is -0.329. The van der Waals surface area contributed by atoms with Crippen LogP contribution < -0.4 is 15.4 Å². The molecule has 1 amide bonds. The van der Waals surface area contributed by atoms with Gasteiger partial charge in [0.2, 0.25) is 5.91 Å². The Balaban J connectivity index is 1.52. The molecule has 158 valence electrons. The summed E-state index contributed by atoms with van der Waals surface area (Å²) in [5.41, 5.74) is 3.59. The molecular formula is C23H22FN5O2. The molecule has 0 unspecified atom stereocenters. The van der Waals surface area contributed by atoms with E-state index in [0.717, 1.165) is 22.8 Å². The highest BCUT2D eigenvalue weighted by Crippen LogP contribution is 2.30. The van der Waals surface area contributed by atoms with Gasteiger partial charge in [-0.05, 0) is 42.8 Å². The van der Waals surface area contributed by atoms with Crippen LogP contribution in [0.3, 0.4) is 0 Å². The maximum atomic E-state index is 13.3. The van der Waals surface area contributed by atoms with Crippen molar-refractivity contribution >= 4 is 23.1 Å². The predicted molar refractivity (Wildman–Crippen MR) is 118 cm³/mol. The normalized spacial score (nSPS) is 10.8. The van der Waals surface area contributed by atoms with Crippen LogP contribution in [0.25, 0.3) is 16.9 Å². The summed E-state index contributed by atoms with van der Waals surface area (Å²) >= 11 is 0. The van der Waals surface area contributed by atoms with Crippen LogP contribution in [0.4, 0.5) is 15.9 Å². The Morgan fingerprint density at radius 2 is 2.10 bits per heavy atom. The third-order valence-electron chi connectivity index (χ3n) is 4.88. The first-order valence-corrected chi connectivity index (χ1v) is 9.81. The highest BCUT2D eigenvalue weighted by molar-refractivity contribution is 5.91. The number of anilines is 2. The molecule has 2 aromatic carbocycles. The standard InChI is InChI=1S/C23H22FN5O2/c1-15-12-17(24)6-7-19(15)27-21(30)8-9-26-23-22(16-4-3-5-18(13-16)31-2)28-20-14-25-10-11-29(20)23/h3-7,10-14,26H,8-9H2,1-2H3,(H,27,30). The van der Waals surface area contributed by atoms with Crippen molar-refractivity contribution in [3.63, 3.8) is 0 Å². The number of amides is 1. The van der Waals surface area contributed by atoms with Gasteiger partial charge in [-0.25, -0.2) is 9.37 Å². The number of ether oxygens (including phenoxy) is 1. The second kappa shape index (κ2) is 8.83. The fourth-order valence-electron chi connectivity index (χ4n) is 3.32. The fraction of sp³-hybridized carbons (Fsp3) is 0.174. The van der Waals surface area contributed by atoms with Crippen LogP contribution >= 0.6 is 0 Å². The van der Waals surface area contributed by atoms with Gasteiger partial charge in [0, 0.05) is 36.6 Å². The van der Waals surface area contributed by atoms with Gasteiger partial charge in [0.25, 0.3) is 0 Å². The molecule has 8 heteroatoms. The molecule has 0 aliphatic carbocycles. The number of nitrogens with zero attached hydrogens (tertiary/aromatic N) is 3. The van der Waals surface area contributed by atoms with Gasteiger partial charge in [-0.3, -0.25) is 14.2 Å². The van der Waals surface area contributed by atoms with Crippen LogP contribution in [0.2, 0.25) is 0 Å². The number of carbonyl (C=O) groups is 1. The van der Waals surface area contributed by atoms with Gasteiger partial charge in [0.15, 0.2) is 5.65 Å². The minimum absolute atomic E-state index is 0.166. The molecule has 0 radical (unpaired) electrons. The highest BCUT2D eigenvalue weighted by Gasteiger charge is 2.15. The lowest BCUT2D eigenvalue weighted by Gasteiger charge is -2.11. The highest BCUT2D eigenvalue weighted by atomic mass is 19.1. The summed E-state index contributed by atoms with van der Waals surface area (Å²) in [5, 5.41) is 6.15. The van der Waals surface area contributed by atoms with E-state index in [9.17, 15) is 9.18 Å². The van der Waals surface area contributed by atoms with Crippen molar-refractivity contribution < 1.29 is 13.9 Å². The first-order chi connectivity index (χ1) is 15.0. The van der Waals surface area contributed by atoms with Crippen molar-refractivity contribution in [3.05, 3.63) is 72.4 Å². The lowest BCUT2D eigenvalue weighted by molar-refractivity contribution is -0.115. The number of methoxy groups -OCH3 is 1. The molecule has 2 heterocycles. The van der Waals surface area contributed by atoms with E-state index in [1.165, 1.54) is 12.1 Å². The summed E-state index contributed by atoms with van der Waals surface area (Å²) < 4.78 is 20.5. The van der Waals surface area contributed by atoms with Crippen LogP contribution in [0, 0.1) is 12.7 Å². The van der Waals surface area contributed by atoms with E-state index in [2.05, 4.69) is 15.6 Å². The molecule has 0 saturated carbocycles. The van der Waals surface area contributed by atoms with E-state index in [0.29, 0.717) is 23.4 Å². The summed E-state index contributed by atoms with van der Waals surface area (Å²) in [6.45, 7) is 2.14. The quantitative estimate of drug-likeness (QED) is 0.467. The molecule has 7 nitrogen and oxygen atoms in total. The number of aromatic nitrogens is 3. The average Bonchev–Trinajstić information content (AvgIpc) is 3.14. The molecule has 0 saturated heterocycles. The SMILES string of the molecule is COc1cccc(-c2nc3cnccn3c2NCCC(=O)Nc2ccc(F)cc2C)c1. The van der Waals surface area contributed by atoms with E-state index >= 15 is 0 Å². The van der Waals surface area contributed by atoms with E-state index in [1.54, 1.807) is 32.5 Å². The van der Waals surface area contributed by atoms with Gasteiger partial charge in [-0.15, -0.1) is 0 Å². The minimum Gasteiger partial charge on any atom is -0.497 e. The number of hydrogen-bond acceptors (Lipinski definition) is 5. The molecule has 0 aliphatic rings. The Morgan fingerprint density at radius 3 is 2.90 bits per heavy atom. The van der Waals surface area contributed by atoms with Crippen molar-refractivity contribution in [2.75, 3.05) is 24.3 Å². The molecule has 4 aromatic rings. The van der Waals surface area contributed by atoms with Gasteiger partial charge >= 0.3 is 0 Å².